The molecule has 1 fully saturated rings. The Morgan fingerprint density at radius 2 is 2.00 bits per heavy atom. The van der Waals surface area contributed by atoms with Crippen LogP contribution in [0.1, 0.15) is 13.3 Å². The lowest BCUT2D eigenvalue weighted by molar-refractivity contribution is -0.193. The van der Waals surface area contributed by atoms with Gasteiger partial charge in [0, 0.05) is 0 Å². The van der Waals surface area contributed by atoms with E-state index in [1.54, 1.807) is 0 Å². The highest BCUT2D eigenvalue weighted by atomic mass is 19.4. The molecule has 1 saturated carbocycles. The molecule has 0 spiro atoms. The summed E-state index contributed by atoms with van der Waals surface area (Å²) in [5, 5.41) is 0. The molecule has 2 nitrogen and oxygen atoms in total. The van der Waals surface area contributed by atoms with E-state index in [2.05, 4.69) is 5.73 Å². The third kappa shape index (κ3) is 0.902. The molecule has 2 N–H and O–H groups in total. The Kier molecular flexibility index (Phi) is 1.44. The largest absolute Gasteiger partial charge is 0.403 e. The first kappa shape index (κ1) is 8.36. The quantitative estimate of drug-likeness (QED) is 0.623. The normalized spacial score (nSPS) is 36.9. The predicted octanol–water partition coefficient (Wildman–Crippen LogP) is 1.06. The Balaban J connectivity index is 2.89. The number of rotatable bonds is 1. The van der Waals surface area contributed by atoms with Crippen LogP contribution in [0.3, 0.4) is 0 Å². The number of alkyl halides is 3. The first-order valence-corrected chi connectivity index (χ1v) is 3.19. The fourth-order valence-corrected chi connectivity index (χ4v) is 1.30. The van der Waals surface area contributed by atoms with Gasteiger partial charge in [0.25, 0.3) is 0 Å². The van der Waals surface area contributed by atoms with Crippen LogP contribution >= 0.6 is 0 Å². The van der Waals surface area contributed by atoms with Gasteiger partial charge in [-0.25, -0.2) is 0 Å². The molecule has 0 aromatic rings. The van der Waals surface area contributed by atoms with Crippen LogP contribution in [-0.2, 0) is 4.79 Å². The smallest absolute Gasteiger partial charge is 0.369 e. The van der Waals surface area contributed by atoms with Crippen molar-refractivity contribution in [1.82, 2.24) is 0 Å². The third-order valence-corrected chi connectivity index (χ3v) is 2.25. The number of amides is 1. The van der Waals surface area contributed by atoms with Crippen LogP contribution in [0, 0.1) is 11.3 Å². The average Bonchev–Trinajstić information content (AvgIpc) is 2.39. The van der Waals surface area contributed by atoms with Gasteiger partial charge >= 0.3 is 6.18 Å². The zero-order valence-corrected chi connectivity index (χ0v) is 5.90. The van der Waals surface area contributed by atoms with E-state index in [-0.39, 0.29) is 6.42 Å². The maximum absolute atomic E-state index is 12.1. The van der Waals surface area contributed by atoms with E-state index in [4.69, 9.17) is 0 Å². The minimum atomic E-state index is -4.47. The Hall–Kier alpha value is -0.740. The summed E-state index contributed by atoms with van der Waals surface area (Å²) in [5.41, 5.74) is 2.44. The summed E-state index contributed by atoms with van der Waals surface area (Å²) in [6, 6.07) is 0. The number of carbonyl (C=O) groups excluding carboxylic acids is 1. The van der Waals surface area contributed by atoms with Gasteiger partial charge in [-0.1, -0.05) is 6.92 Å². The highest BCUT2D eigenvalue weighted by molar-refractivity contribution is 5.85. The van der Waals surface area contributed by atoms with Gasteiger partial charge < -0.3 is 5.73 Å². The number of nitrogens with two attached hydrogens (primary N) is 1. The molecule has 0 bridgehead atoms. The van der Waals surface area contributed by atoms with Crippen molar-refractivity contribution >= 4 is 5.91 Å². The fourth-order valence-electron chi connectivity index (χ4n) is 1.30. The van der Waals surface area contributed by atoms with Crippen LogP contribution in [0.25, 0.3) is 0 Å². The van der Waals surface area contributed by atoms with Gasteiger partial charge in [0.05, 0.1) is 0 Å². The molecular weight excluding hydrogens is 159 g/mol. The molecule has 1 aliphatic carbocycles. The maximum atomic E-state index is 12.1. The number of hydrogen-bond acceptors (Lipinski definition) is 1. The van der Waals surface area contributed by atoms with E-state index in [0.29, 0.717) is 0 Å². The van der Waals surface area contributed by atoms with Crippen molar-refractivity contribution in [2.24, 2.45) is 17.1 Å². The standard InChI is InChI=1S/C6H8F3NO/c1-3-2-5(3,4(10)11)6(7,8)9/h3H,2H2,1H3,(H2,10,11). The van der Waals surface area contributed by atoms with Crippen molar-refractivity contribution < 1.29 is 18.0 Å². The first-order chi connectivity index (χ1) is 4.82. The molecule has 0 aromatic heterocycles. The molecule has 1 amide bonds. The average molecular weight is 167 g/mol. The molecule has 1 aliphatic rings. The van der Waals surface area contributed by atoms with Gasteiger partial charge in [0.2, 0.25) is 5.91 Å². The lowest BCUT2D eigenvalue weighted by atomic mass is 10.0. The molecule has 64 valence electrons. The van der Waals surface area contributed by atoms with Crippen molar-refractivity contribution in [1.29, 1.82) is 0 Å². The van der Waals surface area contributed by atoms with Crippen LogP contribution in [0.15, 0.2) is 0 Å². The Bertz CT molecular complexity index is 200. The monoisotopic (exact) mass is 167 g/mol. The second-order valence-electron chi connectivity index (χ2n) is 2.94. The molecule has 11 heavy (non-hydrogen) atoms. The predicted molar refractivity (Wildman–Crippen MR) is 31.5 cm³/mol. The first-order valence-electron chi connectivity index (χ1n) is 3.19. The van der Waals surface area contributed by atoms with Crippen molar-refractivity contribution in [2.45, 2.75) is 19.5 Å². The van der Waals surface area contributed by atoms with Crippen LogP contribution in [0.2, 0.25) is 0 Å². The molecule has 2 unspecified atom stereocenters. The molecule has 0 aliphatic heterocycles. The van der Waals surface area contributed by atoms with Crippen molar-refractivity contribution in [3.63, 3.8) is 0 Å². The van der Waals surface area contributed by atoms with Crippen molar-refractivity contribution in [3.05, 3.63) is 0 Å². The van der Waals surface area contributed by atoms with E-state index in [1.165, 1.54) is 6.92 Å². The summed E-state index contributed by atoms with van der Waals surface area (Å²) in [6.07, 6.45) is -4.63. The number of hydrogen-bond donors (Lipinski definition) is 1. The summed E-state index contributed by atoms with van der Waals surface area (Å²) in [4.78, 5) is 10.4. The summed E-state index contributed by atoms with van der Waals surface area (Å²) in [6.45, 7) is 1.37. The number of halogens is 3. The zero-order valence-electron chi connectivity index (χ0n) is 5.90. The van der Waals surface area contributed by atoms with Crippen LogP contribution in [0.5, 0.6) is 0 Å². The Morgan fingerprint density at radius 3 is 2.00 bits per heavy atom. The molecule has 2 atom stereocenters. The van der Waals surface area contributed by atoms with Gasteiger partial charge in [-0.15, -0.1) is 0 Å². The molecule has 1 rings (SSSR count). The second-order valence-corrected chi connectivity index (χ2v) is 2.94. The van der Waals surface area contributed by atoms with Gasteiger partial charge in [-0.05, 0) is 12.3 Å². The Morgan fingerprint density at radius 1 is 1.64 bits per heavy atom. The SMILES string of the molecule is CC1CC1(C(N)=O)C(F)(F)F. The highest BCUT2D eigenvalue weighted by Gasteiger charge is 2.72. The van der Waals surface area contributed by atoms with Gasteiger partial charge in [0.1, 0.15) is 5.41 Å². The number of carbonyl (C=O) groups is 1. The maximum Gasteiger partial charge on any atom is 0.403 e. The van der Waals surface area contributed by atoms with E-state index in [1.807, 2.05) is 0 Å². The molecule has 0 aromatic carbocycles. The van der Waals surface area contributed by atoms with Crippen molar-refractivity contribution in [3.8, 4) is 0 Å². The van der Waals surface area contributed by atoms with Gasteiger partial charge in [-0.2, -0.15) is 13.2 Å². The zero-order chi connectivity index (χ0) is 8.86. The molecule has 0 heterocycles. The molecule has 0 radical (unpaired) electrons. The van der Waals surface area contributed by atoms with E-state index in [0.717, 1.165) is 0 Å². The summed E-state index contributed by atoms with van der Waals surface area (Å²) >= 11 is 0. The van der Waals surface area contributed by atoms with Crippen LogP contribution in [-0.4, -0.2) is 12.1 Å². The fraction of sp³-hybridized carbons (Fsp3) is 0.833. The number of primary amides is 1. The summed E-state index contributed by atoms with van der Waals surface area (Å²) in [7, 11) is 0. The summed E-state index contributed by atoms with van der Waals surface area (Å²) in [5.74, 6) is -1.91. The van der Waals surface area contributed by atoms with E-state index < -0.39 is 23.4 Å². The van der Waals surface area contributed by atoms with Gasteiger partial charge in [-0.3, -0.25) is 4.79 Å². The highest BCUT2D eigenvalue weighted by Crippen LogP contribution is 2.61. The molecule has 5 heteroatoms. The van der Waals surface area contributed by atoms with Gasteiger partial charge in [0.15, 0.2) is 0 Å². The molecule has 0 saturated heterocycles. The third-order valence-electron chi connectivity index (χ3n) is 2.25. The van der Waals surface area contributed by atoms with Crippen molar-refractivity contribution in [2.75, 3.05) is 0 Å². The second kappa shape index (κ2) is 1.89. The lowest BCUT2D eigenvalue weighted by Gasteiger charge is -2.15. The molecular formula is C6H8F3NO. The van der Waals surface area contributed by atoms with Crippen LogP contribution in [0.4, 0.5) is 13.2 Å². The Labute approximate surface area is 61.6 Å². The van der Waals surface area contributed by atoms with Crippen LogP contribution < -0.4 is 5.73 Å². The van der Waals surface area contributed by atoms with E-state index in [9.17, 15) is 18.0 Å². The van der Waals surface area contributed by atoms with E-state index >= 15 is 0 Å². The minimum absolute atomic E-state index is 0.161. The summed E-state index contributed by atoms with van der Waals surface area (Å²) < 4.78 is 36.3. The minimum Gasteiger partial charge on any atom is -0.369 e. The topological polar surface area (TPSA) is 43.1 Å². The lowest BCUT2D eigenvalue weighted by Crippen LogP contribution is -2.39.